The van der Waals surface area contributed by atoms with Crippen LogP contribution in [0.3, 0.4) is 0 Å². The highest BCUT2D eigenvalue weighted by molar-refractivity contribution is 5.95. The highest BCUT2D eigenvalue weighted by Crippen LogP contribution is 2.14. The lowest BCUT2D eigenvalue weighted by Crippen LogP contribution is -2.24. The number of aromatic nitrogens is 3. The summed E-state index contributed by atoms with van der Waals surface area (Å²) in [6.45, 7) is 2.25. The first-order chi connectivity index (χ1) is 8.70. The molecule has 0 saturated heterocycles. The van der Waals surface area contributed by atoms with E-state index < -0.39 is 0 Å². The molecule has 1 amide bonds. The molecule has 3 N–H and O–H groups in total. The van der Waals surface area contributed by atoms with E-state index in [1.54, 1.807) is 6.07 Å². The van der Waals surface area contributed by atoms with Gasteiger partial charge in [0.25, 0.3) is 5.91 Å². The van der Waals surface area contributed by atoms with E-state index in [9.17, 15) is 4.79 Å². The third kappa shape index (κ3) is 2.65. The third-order valence-electron chi connectivity index (χ3n) is 2.64. The van der Waals surface area contributed by atoms with Crippen LogP contribution in [-0.2, 0) is 6.54 Å². The smallest absolute Gasteiger partial charge is 0.251 e. The standard InChI is InChI=1S/C12H15N5O/c1-8-5-9(13-2)3-4-10(8)12(18)14-6-11-15-7-16-17-11/h3-5,7,13H,6H2,1-2H3,(H,14,18)(H,15,16,17). The molecular formula is C12H15N5O. The average molecular weight is 245 g/mol. The number of carbonyl (C=O) groups is 1. The van der Waals surface area contributed by atoms with Gasteiger partial charge in [-0.3, -0.25) is 9.89 Å². The van der Waals surface area contributed by atoms with Gasteiger partial charge in [-0.05, 0) is 30.7 Å². The van der Waals surface area contributed by atoms with Crippen LogP contribution in [0.2, 0.25) is 0 Å². The van der Waals surface area contributed by atoms with Crippen molar-refractivity contribution in [3.05, 3.63) is 41.5 Å². The van der Waals surface area contributed by atoms with Crippen molar-refractivity contribution in [3.63, 3.8) is 0 Å². The Morgan fingerprint density at radius 2 is 2.28 bits per heavy atom. The van der Waals surface area contributed by atoms with Crippen molar-refractivity contribution >= 4 is 11.6 Å². The molecule has 1 aromatic heterocycles. The van der Waals surface area contributed by atoms with Crippen molar-refractivity contribution in [3.8, 4) is 0 Å². The summed E-state index contributed by atoms with van der Waals surface area (Å²) in [5.74, 6) is 0.513. The summed E-state index contributed by atoms with van der Waals surface area (Å²) in [6, 6.07) is 5.61. The van der Waals surface area contributed by atoms with Gasteiger partial charge in [-0.25, -0.2) is 4.98 Å². The highest BCUT2D eigenvalue weighted by Gasteiger charge is 2.09. The Morgan fingerprint density at radius 3 is 2.89 bits per heavy atom. The maximum Gasteiger partial charge on any atom is 0.251 e. The molecule has 1 aromatic carbocycles. The largest absolute Gasteiger partial charge is 0.388 e. The first kappa shape index (κ1) is 12.1. The summed E-state index contributed by atoms with van der Waals surface area (Å²) in [7, 11) is 1.85. The van der Waals surface area contributed by atoms with Gasteiger partial charge in [0.2, 0.25) is 0 Å². The predicted molar refractivity (Wildman–Crippen MR) is 68.3 cm³/mol. The average Bonchev–Trinajstić information content (AvgIpc) is 2.88. The van der Waals surface area contributed by atoms with Crippen LogP contribution in [0, 0.1) is 6.92 Å². The third-order valence-corrected chi connectivity index (χ3v) is 2.64. The first-order valence-electron chi connectivity index (χ1n) is 5.61. The zero-order valence-corrected chi connectivity index (χ0v) is 10.3. The maximum atomic E-state index is 12.0. The van der Waals surface area contributed by atoms with Crippen molar-refractivity contribution in [2.24, 2.45) is 0 Å². The topological polar surface area (TPSA) is 82.7 Å². The van der Waals surface area contributed by atoms with E-state index in [0.29, 0.717) is 17.9 Å². The van der Waals surface area contributed by atoms with Gasteiger partial charge in [-0.1, -0.05) is 0 Å². The highest BCUT2D eigenvalue weighted by atomic mass is 16.1. The molecule has 0 aliphatic carbocycles. The molecule has 6 nitrogen and oxygen atoms in total. The summed E-state index contributed by atoms with van der Waals surface area (Å²) in [5.41, 5.74) is 2.57. The summed E-state index contributed by atoms with van der Waals surface area (Å²) in [6.07, 6.45) is 1.41. The quantitative estimate of drug-likeness (QED) is 0.753. The Bertz CT molecular complexity index is 535. The molecule has 0 fully saturated rings. The van der Waals surface area contributed by atoms with Crippen LogP contribution in [0.15, 0.2) is 24.5 Å². The number of rotatable bonds is 4. The van der Waals surface area contributed by atoms with Gasteiger partial charge >= 0.3 is 0 Å². The van der Waals surface area contributed by atoms with E-state index in [4.69, 9.17) is 0 Å². The van der Waals surface area contributed by atoms with Crippen molar-refractivity contribution in [1.82, 2.24) is 20.5 Å². The molecule has 0 aliphatic heterocycles. The minimum absolute atomic E-state index is 0.119. The van der Waals surface area contributed by atoms with Crippen LogP contribution < -0.4 is 10.6 Å². The number of hydrogen-bond donors (Lipinski definition) is 3. The van der Waals surface area contributed by atoms with Crippen molar-refractivity contribution < 1.29 is 4.79 Å². The van der Waals surface area contributed by atoms with Gasteiger partial charge in [-0.2, -0.15) is 5.10 Å². The van der Waals surface area contributed by atoms with Gasteiger partial charge in [0.05, 0.1) is 6.54 Å². The molecule has 18 heavy (non-hydrogen) atoms. The molecule has 0 radical (unpaired) electrons. The number of aromatic amines is 1. The fourth-order valence-corrected chi connectivity index (χ4v) is 1.65. The number of H-pyrrole nitrogens is 1. The van der Waals surface area contributed by atoms with Crippen molar-refractivity contribution in [2.45, 2.75) is 13.5 Å². The lowest BCUT2D eigenvalue weighted by atomic mass is 10.1. The zero-order chi connectivity index (χ0) is 13.0. The monoisotopic (exact) mass is 245 g/mol. The Labute approximate surface area is 105 Å². The minimum atomic E-state index is -0.119. The molecule has 0 aliphatic rings. The number of amides is 1. The van der Waals surface area contributed by atoms with Crippen LogP contribution in [-0.4, -0.2) is 28.1 Å². The molecule has 0 bridgehead atoms. The molecule has 0 saturated carbocycles. The second kappa shape index (κ2) is 5.31. The Balaban J connectivity index is 2.04. The van der Waals surface area contributed by atoms with Gasteiger partial charge in [0, 0.05) is 18.3 Å². The molecular weight excluding hydrogens is 230 g/mol. The van der Waals surface area contributed by atoms with Crippen LogP contribution in [0.5, 0.6) is 0 Å². The second-order valence-corrected chi connectivity index (χ2v) is 3.89. The minimum Gasteiger partial charge on any atom is -0.388 e. The van der Waals surface area contributed by atoms with Gasteiger partial charge in [-0.15, -0.1) is 0 Å². The molecule has 0 unspecified atom stereocenters. The maximum absolute atomic E-state index is 12.0. The fourth-order valence-electron chi connectivity index (χ4n) is 1.65. The fraction of sp³-hybridized carbons (Fsp3) is 0.250. The molecule has 0 spiro atoms. The summed E-state index contributed by atoms with van der Waals surface area (Å²) in [4.78, 5) is 15.9. The predicted octanol–water partition coefficient (Wildman–Crippen LogP) is 1.08. The molecule has 2 aromatic rings. The van der Waals surface area contributed by atoms with Crippen LogP contribution in [0.1, 0.15) is 21.7 Å². The SMILES string of the molecule is CNc1ccc(C(=O)NCc2ncn[nH]2)c(C)c1. The Morgan fingerprint density at radius 1 is 1.44 bits per heavy atom. The lowest BCUT2D eigenvalue weighted by molar-refractivity contribution is 0.0949. The van der Waals surface area contributed by atoms with Gasteiger partial charge < -0.3 is 10.6 Å². The number of carbonyl (C=O) groups excluding carboxylic acids is 1. The number of anilines is 1. The van der Waals surface area contributed by atoms with Crippen LogP contribution >= 0.6 is 0 Å². The number of benzene rings is 1. The molecule has 1 heterocycles. The summed E-state index contributed by atoms with van der Waals surface area (Å²) >= 11 is 0. The Kier molecular flexibility index (Phi) is 3.57. The van der Waals surface area contributed by atoms with E-state index in [1.807, 2.05) is 26.1 Å². The zero-order valence-electron chi connectivity index (χ0n) is 10.3. The van der Waals surface area contributed by atoms with Gasteiger partial charge in [0.1, 0.15) is 12.2 Å². The first-order valence-corrected chi connectivity index (χ1v) is 5.61. The van der Waals surface area contributed by atoms with E-state index >= 15 is 0 Å². The number of hydrogen-bond acceptors (Lipinski definition) is 4. The van der Waals surface area contributed by atoms with Gasteiger partial charge in [0.15, 0.2) is 0 Å². The summed E-state index contributed by atoms with van der Waals surface area (Å²) < 4.78 is 0. The second-order valence-electron chi connectivity index (χ2n) is 3.89. The Hall–Kier alpha value is -2.37. The van der Waals surface area contributed by atoms with E-state index in [1.165, 1.54) is 6.33 Å². The molecule has 6 heteroatoms. The molecule has 2 rings (SSSR count). The van der Waals surface area contributed by atoms with Crippen LogP contribution in [0.4, 0.5) is 5.69 Å². The van der Waals surface area contributed by atoms with E-state index in [-0.39, 0.29) is 5.91 Å². The number of nitrogens with zero attached hydrogens (tertiary/aromatic N) is 2. The van der Waals surface area contributed by atoms with Crippen LogP contribution in [0.25, 0.3) is 0 Å². The summed E-state index contributed by atoms with van der Waals surface area (Å²) in [5, 5.41) is 12.2. The number of nitrogens with one attached hydrogen (secondary N) is 3. The van der Waals surface area contributed by atoms with E-state index in [2.05, 4.69) is 25.8 Å². The number of aryl methyl sites for hydroxylation is 1. The van der Waals surface area contributed by atoms with Crippen molar-refractivity contribution in [2.75, 3.05) is 12.4 Å². The lowest BCUT2D eigenvalue weighted by Gasteiger charge is -2.08. The van der Waals surface area contributed by atoms with E-state index in [0.717, 1.165) is 11.3 Å². The van der Waals surface area contributed by atoms with Crippen molar-refractivity contribution in [1.29, 1.82) is 0 Å². The molecule has 0 atom stereocenters. The normalized spacial score (nSPS) is 10.1. The molecule has 94 valence electrons.